The van der Waals surface area contributed by atoms with Crippen molar-refractivity contribution >= 4 is 29.4 Å². The molecule has 0 spiro atoms. The monoisotopic (exact) mass is 356 g/mol. The molecule has 2 aromatic rings. The SMILES string of the molecule is C[C@]1(c2ccco2)NC(=O)N(CC(=O)Nc2ccc(C(N)=O)cc2)C1=O. The first kappa shape index (κ1) is 17.2. The Morgan fingerprint density at radius 1 is 1.23 bits per heavy atom. The second-order valence-corrected chi connectivity index (χ2v) is 5.91. The summed E-state index contributed by atoms with van der Waals surface area (Å²) in [7, 11) is 0. The van der Waals surface area contributed by atoms with Crippen molar-refractivity contribution in [2.75, 3.05) is 11.9 Å². The number of benzene rings is 1. The van der Waals surface area contributed by atoms with Crippen molar-refractivity contribution in [1.82, 2.24) is 10.2 Å². The fourth-order valence-corrected chi connectivity index (χ4v) is 2.63. The summed E-state index contributed by atoms with van der Waals surface area (Å²) in [6.45, 7) is 1.05. The Bertz CT molecular complexity index is 875. The lowest BCUT2D eigenvalue weighted by Gasteiger charge is -2.18. The standard InChI is InChI=1S/C17H16N4O5/c1-17(12-3-2-8-26-12)15(24)21(16(25)20-17)9-13(22)19-11-6-4-10(5-7-11)14(18)23/h2-8H,9H2,1H3,(H2,18,23)(H,19,22)(H,20,25)/t17-/m1/s1. The van der Waals surface area contributed by atoms with Crippen LogP contribution in [0.25, 0.3) is 0 Å². The quantitative estimate of drug-likeness (QED) is 0.681. The number of hydrogen-bond donors (Lipinski definition) is 3. The molecule has 1 aromatic heterocycles. The summed E-state index contributed by atoms with van der Waals surface area (Å²) in [5.41, 5.74) is 4.49. The van der Waals surface area contributed by atoms with E-state index in [-0.39, 0.29) is 5.76 Å². The molecule has 4 N–H and O–H groups in total. The molecule has 26 heavy (non-hydrogen) atoms. The first-order chi connectivity index (χ1) is 12.3. The summed E-state index contributed by atoms with van der Waals surface area (Å²) in [6.07, 6.45) is 1.39. The molecule has 134 valence electrons. The number of hydrogen-bond acceptors (Lipinski definition) is 5. The molecule has 1 fully saturated rings. The Balaban J connectivity index is 1.68. The molecule has 2 heterocycles. The van der Waals surface area contributed by atoms with Gasteiger partial charge in [0.1, 0.15) is 12.3 Å². The number of carbonyl (C=O) groups excluding carboxylic acids is 4. The zero-order valence-electron chi connectivity index (χ0n) is 13.8. The van der Waals surface area contributed by atoms with Crippen LogP contribution in [0.3, 0.4) is 0 Å². The average molecular weight is 356 g/mol. The molecule has 0 unspecified atom stereocenters. The van der Waals surface area contributed by atoms with Gasteiger partial charge in [0, 0.05) is 11.3 Å². The van der Waals surface area contributed by atoms with Crippen molar-refractivity contribution in [3.05, 3.63) is 54.0 Å². The number of anilines is 1. The Labute approximate surface area is 148 Å². The van der Waals surface area contributed by atoms with Crippen LogP contribution in [0.4, 0.5) is 10.5 Å². The molecule has 3 rings (SSSR count). The van der Waals surface area contributed by atoms with Crippen molar-refractivity contribution < 1.29 is 23.6 Å². The fraction of sp³-hybridized carbons (Fsp3) is 0.176. The highest BCUT2D eigenvalue weighted by atomic mass is 16.3. The average Bonchev–Trinajstić information content (AvgIpc) is 3.20. The lowest BCUT2D eigenvalue weighted by Crippen LogP contribution is -2.41. The van der Waals surface area contributed by atoms with Crippen molar-refractivity contribution in [2.24, 2.45) is 5.73 Å². The van der Waals surface area contributed by atoms with E-state index in [1.54, 1.807) is 12.1 Å². The molecule has 1 saturated heterocycles. The number of amides is 5. The maximum absolute atomic E-state index is 12.6. The summed E-state index contributed by atoms with van der Waals surface area (Å²) in [5.74, 6) is -1.46. The van der Waals surface area contributed by atoms with Crippen LogP contribution >= 0.6 is 0 Å². The number of urea groups is 1. The molecule has 1 aliphatic rings. The molecule has 5 amide bonds. The molecule has 1 aromatic carbocycles. The van der Waals surface area contributed by atoms with E-state index in [0.717, 1.165) is 4.90 Å². The van der Waals surface area contributed by atoms with Crippen LogP contribution in [-0.2, 0) is 15.1 Å². The topological polar surface area (TPSA) is 135 Å². The maximum Gasteiger partial charge on any atom is 0.325 e. The lowest BCUT2D eigenvalue weighted by molar-refractivity contribution is -0.134. The number of rotatable bonds is 5. The minimum absolute atomic E-state index is 0.279. The third-order valence-corrected chi connectivity index (χ3v) is 4.04. The molecule has 0 radical (unpaired) electrons. The Hall–Kier alpha value is -3.62. The van der Waals surface area contributed by atoms with Crippen LogP contribution in [-0.4, -0.2) is 35.2 Å². The number of imide groups is 1. The zero-order valence-corrected chi connectivity index (χ0v) is 13.8. The van der Waals surface area contributed by atoms with Gasteiger partial charge < -0.3 is 20.8 Å². The normalized spacial score (nSPS) is 19.3. The maximum atomic E-state index is 12.6. The van der Waals surface area contributed by atoms with Gasteiger partial charge in [-0.25, -0.2) is 4.79 Å². The molecular formula is C17H16N4O5. The van der Waals surface area contributed by atoms with E-state index in [9.17, 15) is 19.2 Å². The largest absolute Gasteiger partial charge is 0.466 e. The Morgan fingerprint density at radius 2 is 1.92 bits per heavy atom. The van der Waals surface area contributed by atoms with Crippen LogP contribution in [0.1, 0.15) is 23.0 Å². The third kappa shape index (κ3) is 3.02. The third-order valence-electron chi connectivity index (χ3n) is 4.04. The van der Waals surface area contributed by atoms with Crippen molar-refractivity contribution in [2.45, 2.75) is 12.5 Å². The number of nitrogens with two attached hydrogens (primary N) is 1. The predicted molar refractivity (Wildman–Crippen MR) is 89.9 cm³/mol. The molecular weight excluding hydrogens is 340 g/mol. The first-order valence-electron chi connectivity index (χ1n) is 7.69. The summed E-state index contributed by atoms with van der Waals surface area (Å²) in [6, 6.07) is 8.40. The molecule has 1 atom stereocenters. The highest BCUT2D eigenvalue weighted by Crippen LogP contribution is 2.28. The minimum Gasteiger partial charge on any atom is -0.466 e. The van der Waals surface area contributed by atoms with Gasteiger partial charge in [-0.15, -0.1) is 0 Å². The molecule has 9 heteroatoms. The molecule has 0 bridgehead atoms. The van der Waals surface area contributed by atoms with E-state index < -0.39 is 35.8 Å². The number of furan rings is 1. The second kappa shape index (κ2) is 6.36. The highest BCUT2D eigenvalue weighted by molar-refractivity contribution is 6.10. The number of carbonyl (C=O) groups is 4. The molecule has 0 aliphatic carbocycles. The summed E-state index contributed by atoms with van der Waals surface area (Å²) < 4.78 is 5.22. The van der Waals surface area contributed by atoms with E-state index in [4.69, 9.17) is 10.2 Å². The van der Waals surface area contributed by atoms with Gasteiger partial charge in [-0.05, 0) is 43.3 Å². The van der Waals surface area contributed by atoms with Crippen LogP contribution in [0.2, 0.25) is 0 Å². The van der Waals surface area contributed by atoms with E-state index in [0.29, 0.717) is 11.3 Å². The van der Waals surface area contributed by atoms with E-state index in [2.05, 4.69) is 10.6 Å². The van der Waals surface area contributed by atoms with Crippen LogP contribution < -0.4 is 16.4 Å². The first-order valence-corrected chi connectivity index (χ1v) is 7.69. The van der Waals surface area contributed by atoms with Gasteiger partial charge in [0.2, 0.25) is 11.8 Å². The predicted octanol–water partition coefficient (Wildman–Crippen LogP) is 0.784. The Kier molecular flexibility index (Phi) is 4.21. The van der Waals surface area contributed by atoms with E-state index >= 15 is 0 Å². The minimum atomic E-state index is -1.36. The van der Waals surface area contributed by atoms with Gasteiger partial charge in [-0.2, -0.15) is 0 Å². The van der Waals surface area contributed by atoms with Crippen LogP contribution in [0, 0.1) is 0 Å². The van der Waals surface area contributed by atoms with Crippen molar-refractivity contribution in [3.8, 4) is 0 Å². The van der Waals surface area contributed by atoms with Gasteiger partial charge >= 0.3 is 6.03 Å². The van der Waals surface area contributed by atoms with Gasteiger partial charge in [-0.1, -0.05) is 0 Å². The van der Waals surface area contributed by atoms with Gasteiger partial charge in [0.15, 0.2) is 5.54 Å². The smallest absolute Gasteiger partial charge is 0.325 e. The van der Waals surface area contributed by atoms with Gasteiger partial charge in [0.05, 0.1) is 6.26 Å². The van der Waals surface area contributed by atoms with Gasteiger partial charge in [-0.3, -0.25) is 19.3 Å². The number of nitrogens with zero attached hydrogens (tertiary/aromatic N) is 1. The second-order valence-electron chi connectivity index (χ2n) is 5.91. The van der Waals surface area contributed by atoms with Crippen molar-refractivity contribution in [3.63, 3.8) is 0 Å². The van der Waals surface area contributed by atoms with Crippen LogP contribution in [0.5, 0.6) is 0 Å². The molecule has 9 nitrogen and oxygen atoms in total. The fourth-order valence-electron chi connectivity index (χ4n) is 2.63. The Morgan fingerprint density at radius 3 is 2.50 bits per heavy atom. The number of nitrogens with one attached hydrogen (secondary N) is 2. The number of primary amides is 1. The lowest BCUT2D eigenvalue weighted by atomic mass is 9.99. The molecule has 1 aliphatic heterocycles. The van der Waals surface area contributed by atoms with Gasteiger partial charge in [0.25, 0.3) is 5.91 Å². The summed E-state index contributed by atoms with van der Waals surface area (Å²) >= 11 is 0. The summed E-state index contributed by atoms with van der Waals surface area (Å²) in [4.78, 5) is 48.7. The summed E-state index contributed by atoms with van der Waals surface area (Å²) in [5, 5.41) is 5.08. The van der Waals surface area contributed by atoms with E-state index in [1.807, 2.05) is 0 Å². The van der Waals surface area contributed by atoms with E-state index in [1.165, 1.54) is 37.5 Å². The van der Waals surface area contributed by atoms with Crippen LogP contribution in [0.15, 0.2) is 47.1 Å². The zero-order chi connectivity index (χ0) is 18.9. The van der Waals surface area contributed by atoms with Crippen molar-refractivity contribution in [1.29, 1.82) is 0 Å². The molecule has 0 saturated carbocycles. The highest BCUT2D eigenvalue weighted by Gasteiger charge is 2.51.